The molecule has 0 radical (unpaired) electrons. The molecule has 1 N–H and O–H groups in total. The molecule has 1 rings (SSSR count). The second-order valence-electron chi connectivity index (χ2n) is 4.55. The molecule has 0 aliphatic carbocycles. The third-order valence-electron chi connectivity index (χ3n) is 3.23. The molecule has 2 unspecified atom stereocenters. The zero-order valence-corrected chi connectivity index (χ0v) is 10.5. The minimum Gasteiger partial charge on any atom is -0.380 e. The van der Waals surface area contributed by atoms with E-state index in [9.17, 15) is 0 Å². The van der Waals surface area contributed by atoms with Crippen molar-refractivity contribution in [2.75, 3.05) is 33.3 Å². The maximum atomic E-state index is 5.42. The Hall–Kier alpha value is -0.120. The molecule has 1 aliphatic heterocycles. The first-order chi connectivity index (χ1) is 7.26. The van der Waals surface area contributed by atoms with Crippen LogP contribution in [0.3, 0.4) is 0 Å². The quantitative estimate of drug-likeness (QED) is 0.725. The molecule has 0 aromatic heterocycles. The Bertz CT molecular complexity index is 164. The summed E-state index contributed by atoms with van der Waals surface area (Å²) in [5.41, 5.74) is 0. The molecule has 1 fully saturated rings. The average molecular weight is 214 g/mol. The standard InChI is InChI=1S/C12H26N2O/c1-4-13-11(2)7-9-14-8-5-6-12(10-14)15-3/h11-13H,4-10H2,1-3H3. The van der Waals surface area contributed by atoms with Crippen LogP contribution in [0.2, 0.25) is 0 Å². The molecule has 0 aromatic carbocycles. The number of nitrogens with zero attached hydrogens (tertiary/aromatic N) is 1. The van der Waals surface area contributed by atoms with Gasteiger partial charge in [-0.05, 0) is 45.8 Å². The van der Waals surface area contributed by atoms with Crippen LogP contribution in [0.5, 0.6) is 0 Å². The van der Waals surface area contributed by atoms with Gasteiger partial charge in [-0.3, -0.25) is 0 Å². The lowest BCUT2D eigenvalue weighted by atomic mass is 10.1. The van der Waals surface area contributed by atoms with Crippen LogP contribution in [-0.2, 0) is 4.74 Å². The van der Waals surface area contributed by atoms with Gasteiger partial charge in [-0.1, -0.05) is 6.92 Å². The summed E-state index contributed by atoms with van der Waals surface area (Å²) in [6.45, 7) is 9.07. The monoisotopic (exact) mass is 214 g/mol. The van der Waals surface area contributed by atoms with E-state index in [1.165, 1.54) is 32.4 Å². The van der Waals surface area contributed by atoms with Gasteiger partial charge < -0.3 is 15.0 Å². The van der Waals surface area contributed by atoms with Crippen molar-refractivity contribution >= 4 is 0 Å². The van der Waals surface area contributed by atoms with Gasteiger partial charge in [0.15, 0.2) is 0 Å². The molecule has 0 aromatic rings. The number of hydrogen-bond donors (Lipinski definition) is 1. The number of piperidine rings is 1. The summed E-state index contributed by atoms with van der Waals surface area (Å²) in [4.78, 5) is 2.53. The highest BCUT2D eigenvalue weighted by Crippen LogP contribution is 2.12. The summed E-state index contributed by atoms with van der Waals surface area (Å²) in [7, 11) is 1.83. The summed E-state index contributed by atoms with van der Waals surface area (Å²) in [6.07, 6.45) is 4.22. The normalized spacial score (nSPS) is 25.4. The number of ether oxygens (including phenoxy) is 1. The van der Waals surface area contributed by atoms with E-state index < -0.39 is 0 Å². The number of nitrogens with one attached hydrogen (secondary N) is 1. The van der Waals surface area contributed by atoms with Gasteiger partial charge in [-0.15, -0.1) is 0 Å². The highest BCUT2D eigenvalue weighted by atomic mass is 16.5. The Kier molecular flexibility index (Phi) is 6.22. The van der Waals surface area contributed by atoms with Crippen molar-refractivity contribution in [1.29, 1.82) is 0 Å². The molecule has 0 saturated carbocycles. The lowest BCUT2D eigenvalue weighted by molar-refractivity contribution is 0.0303. The Balaban J connectivity index is 2.14. The minimum atomic E-state index is 0.466. The predicted molar refractivity (Wildman–Crippen MR) is 64.2 cm³/mol. The zero-order valence-electron chi connectivity index (χ0n) is 10.5. The largest absolute Gasteiger partial charge is 0.380 e. The Morgan fingerprint density at radius 1 is 1.53 bits per heavy atom. The fourth-order valence-electron chi connectivity index (χ4n) is 2.24. The van der Waals surface area contributed by atoms with Gasteiger partial charge in [-0.2, -0.15) is 0 Å². The third kappa shape index (κ3) is 4.96. The molecule has 0 bridgehead atoms. The molecule has 0 spiro atoms. The lowest BCUT2D eigenvalue weighted by Gasteiger charge is -2.32. The van der Waals surface area contributed by atoms with Crippen molar-refractivity contribution in [2.24, 2.45) is 0 Å². The molecule has 3 nitrogen and oxygen atoms in total. The van der Waals surface area contributed by atoms with Crippen molar-refractivity contribution in [3.8, 4) is 0 Å². The van der Waals surface area contributed by atoms with Crippen molar-refractivity contribution in [1.82, 2.24) is 10.2 Å². The van der Waals surface area contributed by atoms with Crippen LogP contribution in [0.4, 0.5) is 0 Å². The SMILES string of the molecule is CCNC(C)CCN1CCCC(OC)C1. The van der Waals surface area contributed by atoms with E-state index in [0.29, 0.717) is 12.1 Å². The first-order valence-electron chi connectivity index (χ1n) is 6.24. The first-order valence-corrected chi connectivity index (χ1v) is 6.24. The van der Waals surface area contributed by atoms with E-state index in [1.54, 1.807) is 0 Å². The Morgan fingerprint density at radius 2 is 2.33 bits per heavy atom. The summed E-state index contributed by atoms with van der Waals surface area (Å²) in [5, 5.41) is 3.45. The predicted octanol–water partition coefficient (Wildman–Crippen LogP) is 1.49. The molecule has 2 atom stereocenters. The number of methoxy groups -OCH3 is 1. The maximum absolute atomic E-state index is 5.42. The van der Waals surface area contributed by atoms with Gasteiger partial charge in [-0.25, -0.2) is 0 Å². The summed E-state index contributed by atoms with van der Waals surface area (Å²) < 4.78 is 5.42. The number of rotatable bonds is 6. The molecule has 3 heteroatoms. The van der Waals surface area contributed by atoms with Crippen LogP contribution in [-0.4, -0.2) is 50.3 Å². The maximum Gasteiger partial charge on any atom is 0.0698 e. The van der Waals surface area contributed by atoms with Gasteiger partial charge in [0.05, 0.1) is 6.10 Å². The van der Waals surface area contributed by atoms with E-state index in [-0.39, 0.29) is 0 Å². The van der Waals surface area contributed by atoms with Crippen molar-refractivity contribution < 1.29 is 4.74 Å². The average Bonchev–Trinajstić information content (AvgIpc) is 2.27. The fourth-order valence-corrected chi connectivity index (χ4v) is 2.24. The molecule has 1 saturated heterocycles. The van der Waals surface area contributed by atoms with Gasteiger partial charge in [0, 0.05) is 19.7 Å². The van der Waals surface area contributed by atoms with Crippen LogP contribution >= 0.6 is 0 Å². The molecule has 1 aliphatic rings. The molecule has 1 heterocycles. The van der Waals surface area contributed by atoms with Crippen LogP contribution in [0.15, 0.2) is 0 Å². The Labute approximate surface area is 94.2 Å². The molecule has 15 heavy (non-hydrogen) atoms. The van der Waals surface area contributed by atoms with E-state index in [1.807, 2.05) is 7.11 Å². The molecule has 0 amide bonds. The fraction of sp³-hybridized carbons (Fsp3) is 1.00. The molecular formula is C12H26N2O. The smallest absolute Gasteiger partial charge is 0.0698 e. The molecule has 90 valence electrons. The van der Waals surface area contributed by atoms with E-state index in [2.05, 4.69) is 24.1 Å². The number of likely N-dealkylation sites (tertiary alicyclic amines) is 1. The second-order valence-corrected chi connectivity index (χ2v) is 4.55. The highest BCUT2D eigenvalue weighted by Gasteiger charge is 2.19. The zero-order chi connectivity index (χ0) is 11.1. The van der Waals surface area contributed by atoms with Crippen molar-refractivity contribution in [3.63, 3.8) is 0 Å². The van der Waals surface area contributed by atoms with Crippen LogP contribution < -0.4 is 5.32 Å². The van der Waals surface area contributed by atoms with Gasteiger partial charge >= 0.3 is 0 Å². The summed E-state index contributed by atoms with van der Waals surface area (Å²) in [5.74, 6) is 0. The van der Waals surface area contributed by atoms with E-state index in [0.717, 1.165) is 13.1 Å². The number of hydrogen-bond acceptors (Lipinski definition) is 3. The summed E-state index contributed by atoms with van der Waals surface area (Å²) in [6, 6.07) is 0.637. The third-order valence-corrected chi connectivity index (χ3v) is 3.23. The van der Waals surface area contributed by atoms with Gasteiger partial charge in [0.2, 0.25) is 0 Å². The highest BCUT2D eigenvalue weighted by molar-refractivity contribution is 4.74. The topological polar surface area (TPSA) is 24.5 Å². The van der Waals surface area contributed by atoms with E-state index in [4.69, 9.17) is 4.74 Å². The molecular weight excluding hydrogens is 188 g/mol. The van der Waals surface area contributed by atoms with Crippen LogP contribution in [0, 0.1) is 0 Å². The van der Waals surface area contributed by atoms with Crippen molar-refractivity contribution in [3.05, 3.63) is 0 Å². The van der Waals surface area contributed by atoms with Gasteiger partial charge in [0.25, 0.3) is 0 Å². The van der Waals surface area contributed by atoms with Crippen LogP contribution in [0.1, 0.15) is 33.1 Å². The van der Waals surface area contributed by atoms with E-state index >= 15 is 0 Å². The Morgan fingerprint density at radius 3 is 3.00 bits per heavy atom. The van der Waals surface area contributed by atoms with Crippen molar-refractivity contribution in [2.45, 2.75) is 45.3 Å². The minimum absolute atomic E-state index is 0.466. The summed E-state index contributed by atoms with van der Waals surface area (Å²) >= 11 is 0. The second kappa shape index (κ2) is 7.20. The van der Waals surface area contributed by atoms with Crippen LogP contribution in [0.25, 0.3) is 0 Å². The van der Waals surface area contributed by atoms with Gasteiger partial charge in [0.1, 0.15) is 0 Å². The first kappa shape index (κ1) is 12.9. The lowest BCUT2D eigenvalue weighted by Crippen LogP contribution is -2.41.